The number of rotatable bonds is 4. The van der Waals surface area contributed by atoms with Gasteiger partial charge < -0.3 is 15.5 Å². The fraction of sp³-hybridized carbons (Fsp3) is 0.353. The lowest BCUT2D eigenvalue weighted by molar-refractivity contribution is -0.384. The maximum atomic E-state index is 11.9. The monoisotopic (exact) mass is 356 g/mol. The summed E-state index contributed by atoms with van der Waals surface area (Å²) in [6, 6.07) is 6.50. The number of piperazine rings is 1. The molecule has 1 aliphatic heterocycles. The van der Waals surface area contributed by atoms with Gasteiger partial charge in [0.25, 0.3) is 11.6 Å². The van der Waals surface area contributed by atoms with E-state index in [4.69, 9.17) is 5.73 Å². The first-order chi connectivity index (χ1) is 12.4. The van der Waals surface area contributed by atoms with E-state index < -0.39 is 10.8 Å². The highest BCUT2D eigenvalue weighted by Crippen LogP contribution is 2.25. The summed E-state index contributed by atoms with van der Waals surface area (Å²) in [5.41, 5.74) is 8.40. The number of carbonyl (C=O) groups is 1. The number of nitrogens with two attached hydrogens (primary N) is 1. The zero-order valence-electron chi connectivity index (χ0n) is 14.7. The van der Waals surface area contributed by atoms with Crippen molar-refractivity contribution in [3.8, 4) is 0 Å². The van der Waals surface area contributed by atoms with Gasteiger partial charge in [-0.15, -0.1) is 5.10 Å². The van der Waals surface area contributed by atoms with Crippen molar-refractivity contribution in [2.24, 2.45) is 5.73 Å². The molecule has 1 fully saturated rings. The average Bonchev–Trinajstić information content (AvgIpc) is 2.63. The summed E-state index contributed by atoms with van der Waals surface area (Å²) >= 11 is 0. The Morgan fingerprint density at radius 3 is 2.19 bits per heavy atom. The van der Waals surface area contributed by atoms with Crippen LogP contribution in [0.5, 0.6) is 0 Å². The Kier molecular flexibility index (Phi) is 4.70. The van der Waals surface area contributed by atoms with E-state index in [9.17, 15) is 14.9 Å². The number of nitro groups is 1. The molecule has 136 valence electrons. The van der Waals surface area contributed by atoms with Crippen molar-refractivity contribution in [1.29, 1.82) is 0 Å². The number of hydrogen-bond acceptors (Lipinski definition) is 7. The Morgan fingerprint density at radius 1 is 1.08 bits per heavy atom. The highest BCUT2D eigenvalue weighted by atomic mass is 16.6. The predicted octanol–water partition coefficient (Wildman–Crippen LogP) is 1.43. The van der Waals surface area contributed by atoms with Crippen LogP contribution in [-0.2, 0) is 0 Å². The van der Waals surface area contributed by atoms with E-state index in [0.717, 1.165) is 11.3 Å². The van der Waals surface area contributed by atoms with Crippen LogP contribution in [0.3, 0.4) is 0 Å². The molecule has 0 atom stereocenters. The molecular weight excluding hydrogens is 336 g/mol. The first-order valence-electron chi connectivity index (χ1n) is 8.26. The third-order valence-electron chi connectivity index (χ3n) is 4.69. The van der Waals surface area contributed by atoms with Gasteiger partial charge in [-0.05, 0) is 31.5 Å². The minimum Gasteiger partial charge on any atom is -0.368 e. The third kappa shape index (κ3) is 3.28. The molecule has 9 heteroatoms. The lowest BCUT2D eigenvalue weighted by atomic mass is 10.1. The van der Waals surface area contributed by atoms with E-state index in [2.05, 4.69) is 15.1 Å². The molecule has 1 aliphatic rings. The molecule has 1 aromatic heterocycles. The summed E-state index contributed by atoms with van der Waals surface area (Å²) in [6.45, 7) is 6.31. The van der Waals surface area contributed by atoms with Gasteiger partial charge in [0, 0.05) is 44.0 Å². The van der Waals surface area contributed by atoms with Gasteiger partial charge in [-0.1, -0.05) is 0 Å². The predicted molar refractivity (Wildman–Crippen MR) is 97.5 cm³/mol. The Hall–Kier alpha value is -3.23. The van der Waals surface area contributed by atoms with Gasteiger partial charge in [0.2, 0.25) is 0 Å². The minimum atomic E-state index is -0.506. The van der Waals surface area contributed by atoms with Crippen molar-refractivity contribution in [3.05, 3.63) is 51.2 Å². The van der Waals surface area contributed by atoms with Crippen LogP contribution in [0.2, 0.25) is 0 Å². The van der Waals surface area contributed by atoms with Crippen LogP contribution in [0, 0.1) is 24.0 Å². The summed E-state index contributed by atoms with van der Waals surface area (Å²) < 4.78 is 0. The number of hydrogen-bond donors (Lipinski definition) is 1. The van der Waals surface area contributed by atoms with Crippen molar-refractivity contribution < 1.29 is 9.72 Å². The summed E-state index contributed by atoms with van der Waals surface area (Å²) in [5.74, 6) is 0.0113. The highest BCUT2D eigenvalue weighted by molar-refractivity contribution is 5.99. The summed E-state index contributed by atoms with van der Waals surface area (Å²) in [5, 5.41) is 19.1. The van der Waals surface area contributed by atoms with Crippen LogP contribution >= 0.6 is 0 Å². The summed E-state index contributed by atoms with van der Waals surface area (Å²) in [4.78, 5) is 26.4. The van der Waals surface area contributed by atoms with Crippen molar-refractivity contribution in [2.45, 2.75) is 13.8 Å². The second-order valence-corrected chi connectivity index (χ2v) is 6.22. The molecule has 3 rings (SSSR count). The topological polar surface area (TPSA) is 118 Å². The number of amides is 1. The van der Waals surface area contributed by atoms with Gasteiger partial charge in [-0.25, -0.2) is 0 Å². The highest BCUT2D eigenvalue weighted by Gasteiger charge is 2.25. The Labute approximate surface area is 150 Å². The second kappa shape index (κ2) is 6.95. The van der Waals surface area contributed by atoms with E-state index in [1.807, 2.05) is 11.8 Å². The maximum absolute atomic E-state index is 11.9. The van der Waals surface area contributed by atoms with Crippen molar-refractivity contribution in [2.75, 3.05) is 36.0 Å². The lowest BCUT2D eigenvalue weighted by Gasteiger charge is -2.37. The molecule has 0 radical (unpaired) electrons. The number of anilines is 2. The molecule has 0 unspecified atom stereocenters. The first-order valence-corrected chi connectivity index (χ1v) is 8.26. The molecular formula is C17H20N6O3. The van der Waals surface area contributed by atoms with Crippen LogP contribution in [0.1, 0.15) is 21.6 Å². The van der Waals surface area contributed by atoms with Crippen molar-refractivity contribution in [3.63, 3.8) is 0 Å². The molecule has 9 nitrogen and oxygen atoms in total. The third-order valence-corrected chi connectivity index (χ3v) is 4.69. The molecule has 2 N–H and O–H groups in total. The smallest absolute Gasteiger partial charge is 0.269 e. The van der Waals surface area contributed by atoms with E-state index in [0.29, 0.717) is 43.3 Å². The molecule has 0 saturated carbocycles. The van der Waals surface area contributed by atoms with Gasteiger partial charge in [-0.2, -0.15) is 5.10 Å². The molecule has 2 aromatic rings. The summed E-state index contributed by atoms with van der Waals surface area (Å²) in [6.07, 6.45) is 0. The van der Waals surface area contributed by atoms with Gasteiger partial charge in [0.15, 0.2) is 5.82 Å². The SMILES string of the molecule is Cc1nnc(N2CCN(c3ccc([N+](=O)[O-])cc3)CC2)c(C(N)=O)c1C. The zero-order chi connectivity index (χ0) is 18.8. The van der Waals surface area contributed by atoms with Gasteiger partial charge in [0.05, 0.1) is 16.2 Å². The van der Waals surface area contributed by atoms with E-state index in [-0.39, 0.29) is 5.69 Å². The van der Waals surface area contributed by atoms with Crippen LogP contribution < -0.4 is 15.5 Å². The number of aromatic nitrogens is 2. The fourth-order valence-corrected chi connectivity index (χ4v) is 3.07. The van der Waals surface area contributed by atoms with Crippen LogP contribution in [-0.4, -0.2) is 47.2 Å². The number of nitro benzene ring substituents is 1. The van der Waals surface area contributed by atoms with E-state index in [1.54, 1.807) is 19.1 Å². The van der Waals surface area contributed by atoms with Crippen LogP contribution in [0.4, 0.5) is 17.2 Å². The minimum absolute atomic E-state index is 0.0730. The van der Waals surface area contributed by atoms with Gasteiger partial charge >= 0.3 is 0 Å². The Bertz CT molecular complexity index is 844. The standard InChI is InChI=1S/C17H20N6O3/c1-11-12(2)19-20-17(15(11)16(18)24)22-9-7-21(8-10-22)13-3-5-14(6-4-13)23(25)26/h3-6H,7-10H2,1-2H3,(H2,18,24). The Balaban J connectivity index is 1.76. The molecule has 2 heterocycles. The quantitative estimate of drug-likeness (QED) is 0.650. The molecule has 26 heavy (non-hydrogen) atoms. The van der Waals surface area contributed by atoms with Crippen LogP contribution in [0.25, 0.3) is 0 Å². The van der Waals surface area contributed by atoms with Gasteiger partial charge in [0.1, 0.15) is 0 Å². The zero-order valence-corrected chi connectivity index (χ0v) is 14.7. The number of benzene rings is 1. The average molecular weight is 356 g/mol. The number of primary amides is 1. The normalized spacial score (nSPS) is 14.4. The maximum Gasteiger partial charge on any atom is 0.269 e. The molecule has 1 aromatic carbocycles. The van der Waals surface area contributed by atoms with Crippen LogP contribution in [0.15, 0.2) is 24.3 Å². The number of aryl methyl sites for hydroxylation is 1. The van der Waals surface area contributed by atoms with E-state index >= 15 is 0 Å². The Morgan fingerprint density at radius 2 is 1.65 bits per heavy atom. The number of nitrogens with zero attached hydrogens (tertiary/aromatic N) is 5. The molecule has 0 aliphatic carbocycles. The second-order valence-electron chi connectivity index (χ2n) is 6.22. The molecule has 1 amide bonds. The lowest BCUT2D eigenvalue weighted by Crippen LogP contribution is -2.47. The van der Waals surface area contributed by atoms with Crippen molar-refractivity contribution >= 4 is 23.1 Å². The molecule has 0 bridgehead atoms. The molecule has 0 spiro atoms. The summed E-state index contributed by atoms with van der Waals surface area (Å²) in [7, 11) is 0. The fourth-order valence-electron chi connectivity index (χ4n) is 3.07. The van der Waals surface area contributed by atoms with Crippen molar-refractivity contribution in [1.82, 2.24) is 10.2 Å². The first kappa shape index (κ1) is 17.6. The number of non-ortho nitro benzene ring substituents is 1. The number of carbonyl (C=O) groups excluding carboxylic acids is 1. The van der Waals surface area contributed by atoms with Gasteiger partial charge in [-0.3, -0.25) is 14.9 Å². The largest absolute Gasteiger partial charge is 0.368 e. The molecule has 1 saturated heterocycles. The van der Waals surface area contributed by atoms with E-state index in [1.165, 1.54) is 12.1 Å².